The Morgan fingerprint density at radius 2 is 1.85 bits per heavy atom. The number of likely N-dealkylation sites (tertiary alicyclic amines) is 1. The number of aromatic nitrogens is 1. The van der Waals surface area contributed by atoms with Crippen molar-refractivity contribution in [2.75, 3.05) is 34.3 Å². The molecule has 1 N–H and O–H groups in total. The number of carbonyl (C=O) groups excluding carboxylic acids is 1. The number of nitrogens with zero attached hydrogens (tertiary/aromatic N) is 3. The van der Waals surface area contributed by atoms with E-state index < -0.39 is 0 Å². The number of nitrogens with one attached hydrogen (secondary N) is 1. The fourth-order valence-electron chi connectivity index (χ4n) is 4.48. The Morgan fingerprint density at radius 1 is 1.09 bits per heavy atom. The van der Waals surface area contributed by atoms with Gasteiger partial charge in [0.15, 0.2) is 0 Å². The first-order valence-electron chi connectivity index (χ1n) is 11.9. The van der Waals surface area contributed by atoms with Crippen molar-refractivity contribution < 1.29 is 9.53 Å². The highest BCUT2D eigenvalue weighted by atomic mass is 16.5. The Kier molecular flexibility index (Phi) is 7.93. The van der Waals surface area contributed by atoms with Crippen molar-refractivity contribution in [3.05, 3.63) is 83.6 Å². The fraction of sp³-hybridized carbons (Fsp3) is 0.357. The summed E-state index contributed by atoms with van der Waals surface area (Å²) < 4.78 is 5.26. The van der Waals surface area contributed by atoms with Crippen molar-refractivity contribution in [1.82, 2.24) is 20.1 Å². The molecule has 0 bridgehead atoms. The molecule has 6 nitrogen and oxygen atoms in total. The first kappa shape index (κ1) is 23.9. The average molecular weight is 459 g/mol. The summed E-state index contributed by atoms with van der Waals surface area (Å²) in [6, 6.07) is 20.4. The van der Waals surface area contributed by atoms with Crippen molar-refractivity contribution >= 4 is 5.91 Å². The van der Waals surface area contributed by atoms with Gasteiger partial charge in [-0.1, -0.05) is 30.3 Å². The van der Waals surface area contributed by atoms with Gasteiger partial charge < -0.3 is 15.0 Å². The van der Waals surface area contributed by atoms with Gasteiger partial charge >= 0.3 is 0 Å². The van der Waals surface area contributed by atoms with Gasteiger partial charge in [0, 0.05) is 36.5 Å². The summed E-state index contributed by atoms with van der Waals surface area (Å²) in [5.41, 5.74) is 4.67. The summed E-state index contributed by atoms with van der Waals surface area (Å²) >= 11 is 0. The second-order valence-electron chi connectivity index (χ2n) is 9.11. The van der Waals surface area contributed by atoms with Crippen LogP contribution < -0.4 is 10.1 Å². The van der Waals surface area contributed by atoms with Gasteiger partial charge in [0.05, 0.1) is 12.8 Å². The minimum absolute atomic E-state index is 0.121. The van der Waals surface area contributed by atoms with E-state index in [-0.39, 0.29) is 5.91 Å². The lowest BCUT2D eigenvalue weighted by molar-refractivity contribution is 0.0951. The van der Waals surface area contributed by atoms with Gasteiger partial charge in [-0.05, 0) is 81.5 Å². The second-order valence-corrected chi connectivity index (χ2v) is 9.11. The molecule has 0 spiro atoms. The zero-order valence-corrected chi connectivity index (χ0v) is 20.3. The number of amides is 1. The molecule has 34 heavy (non-hydrogen) atoms. The van der Waals surface area contributed by atoms with Crippen molar-refractivity contribution in [1.29, 1.82) is 0 Å². The normalized spacial score (nSPS) is 14.8. The third kappa shape index (κ3) is 6.22. The SMILES string of the molecule is COc1cccc(CNC(=O)c2ccnc(-c3cccc(CN(C)C4CCN(C)CC4)c3)c2)c1. The second kappa shape index (κ2) is 11.3. The third-order valence-electron chi connectivity index (χ3n) is 6.58. The highest BCUT2D eigenvalue weighted by molar-refractivity contribution is 5.95. The van der Waals surface area contributed by atoms with Gasteiger partial charge in [0.1, 0.15) is 5.75 Å². The summed E-state index contributed by atoms with van der Waals surface area (Å²) in [5.74, 6) is 0.656. The van der Waals surface area contributed by atoms with E-state index in [0.29, 0.717) is 18.2 Å². The lowest BCUT2D eigenvalue weighted by Gasteiger charge is -2.35. The molecule has 4 rings (SSSR count). The van der Waals surface area contributed by atoms with Crippen LogP contribution in [0.3, 0.4) is 0 Å². The van der Waals surface area contributed by atoms with E-state index in [9.17, 15) is 4.79 Å². The van der Waals surface area contributed by atoms with Gasteiger partial charge in [0.2, 0.25) is 0 Å². The zero-order valence-electron chi connectivity index (χ0n) is 20.3. The molecule has 0 saturated carbocycles. The molecule has 1 aromatic heterocycles. The van der Waals surface area contributed by atoms with Crippen LogP contribution in [0.2, 0.25) is 0 Å². The molecule has 2 heterocycles. The standard InChI is InChI=1S/C28H34N4O2/c1-31-14-11-25(12-15-31)32(2)20-22-7-4-8-23(16-22)27-18-24(10-13-29-27)28(33)30-19-21-6-5-9-26(17-21)34-3/h4-10,13,16-18,25H,11-12,14-15,19-20H2,1-3H3,(H,30,33). The smallest absolute Gasteiger partial charge is 0.251 e. The Balaban J connectivity index is 1.41. The van der Waals surface area contributed by atoms with Crippen molar-refractivity contribution in [3.63, 3.8) is 0 Å². The van der Waals surface area contributed by atoms with Crippen LogP contribution in [0.5, 0.6) is 5.75 Å². The predicted molar refractivity (Wildman–Crippen MR) is 136 cm³/mol. The lowest BCUT2D eigenvalue weighted by Crippen LogP contribution is -2.41. The number of pyridine rings is 1. The number of hydrogen-bond acceptors (Lipinski definition) is 5. The third-order valence-corrected chi connectivity index (χ3v) is 6.58. The molecular weight excluding hydrogens is 424 g/mol. The summed E-state index contributed by atoms with van der Waals surface area (Å²) in [6.45, 7) is 3.66. The fourth-order valence-corrected chi connectivity index (χ4v) is 4.48. The van der Waals surface area contributed by atoms with E-state index in [2.05, 4.69) is 58.5 Å². The highest BCUT2D eigenvalue weighted by Gasteiger charge is 2.20. The molecule has 1 fully saturated rings. The summed E-state index contributed by atoms with van der Waals surface area (Å²) in [6.07, 6.45) is 4.12. The molecule has 3 aromatic rings. The maximum atomic E-state index is 12.8. The molecule has 178 valence electrons. The van der Waals surface area contributed by atoms with Crippen LogP contribution in [-0.2, 0) is 13.1 Å². The summed E-state index contributed by atoms with van der Waals surface area (Å²) in [4.78, 5) is 22.2. The Morgan fingerprint density at radius 3 is 2.65 bits per heavy atom. The first-order valence-corrected chi connectivity index (χ1v) is 11.9. The molecule has 1 saturated heterocycles. The molecule has 1 aliphatic heterocycles. The quantitative estimate of drug-likeness (QED) is 0.548. The molecule has 1 amide bonds. The molecular formula is C28H34N4O2. The van der Waals surface area contributed by atoms with E-state index in [1.165, 1.54) is 18.4 Å². The predicted octanol–water partition coefficient (Wildman–Crippen LogP) is 4.21. The molecule has 2 aromatic carbocycles. The Labute approximate surface area is 202 Å². The van der Waals surface area contributed by atoms with E-state index in [4.69, 9.17) is 4.74 Å². The van der Waals surface area contributed by atoms with E-state index >= 15 is 0 Å². The minimum atomic E-state index is -0.121. The summed E-state index contributed by atoms with van der Waals surface area (Å²) in [7, 11) is 6.05. The molecule has 0 aliphatic carbocycles. The number of ether oxygens (including phenoxy) is 1. The molecule has 0 unspecified atom stereocenters. The maximum absolute atomic E-state index is 12.8. The van der Waals surface area contributed by atoms with Gasteiger partial charge in [-0.25, -0.2) is 0 Å². The first-order chi connectivity index (χ1) is 16.5. The van der Waals surface area contributed by atoms with Gasteiger partial charge in [-0.2, -0.15) is 0 Å². The Hall–Kier alpha value is -3.22. The number of rotatable bonds is 8. The number of methoxy groups -OCH3 is 1. The minimum Gasteiger partial charge on any atom is -0.497 e. The summed E-state index contributed by atoms with van der Waals surface area (Å²) in [5, 5.41) is 2.99. The van der Waals surface area contributed by atoms with E-state index in [0.717, 1.165) is 42.2 Å². The van der Waals surface area contributed by atoms with Crippen LogP contribution in [-0.4, -0.2) is 61.0 Å². The van der Waals surface area contributed by atoms with Gasteiger partial charge in [-0.3, -0.25) is 14.7 Å². The van der Waals surface area contributed by atoms with Crippen LogP contribution in [0.4, 0.5) is 0 Å². The number of hydrogen-bond donors (Lipinski definition) is 1. The van der Waals surface area contributed by atoms with Crippen LogP contribution in [0.1, 0.15) is 34.3 Å². The van der Waals surface area contributed by atoms with Crippen molar-refractivity contribution in [2.45, 2.75) is 32.0 Å². The number of carbonyl (C=O) groups is 1. The van der Waals surface area contributed by atoms with Gasteiger partial charge in [-0.15, -0.1) is 0 Å². The number of benzene rings is 2. The monoisotopic (exact) mass is 458 g/mol. The lowest BCUT2D eigenvalue weighted by atomic mass is 10.0. The average Bonchev–Trinajstić information content (AvgIpc) is 2.88. The van der Waals surface area contributed by atoms with Crippen molar-refractivity contribution in [2.24, 2.45) is 0 Å². The van der Waals surface area contributed by atoms with Gasteiger partial charge in [0.25, 0.3) is 5.91 Å². The van der Waals surface area contributed by atoms with Crippen LogP contribution in [0, 0.1) is 0 Å². The van der Waals surface area contributed by atoms with Crippen LogP contribution >= 0.6 is 0 Å². The largest absolute Gasteiger partial charge is 0.497 e. The van der Waals surface area contributed by atoms with Crippen LogP contribution in [0.25, 0.3) is 11.3 Å². The topological polar surface area (TPSA) is 57.7 Å². The van der Waals surface area contributed by atoms with E-state index in [1.807, 2.05) is 30.3 Å². The molecule has 0 atom stereocenters. The van der Waals surface area contributed by atoms with E-state index in [1.54, 1.807) is 19.4 Å². The number of piperidine rings is 1. The highest BCUT2D eigenvalue weighted by Crippen LogP contribution is 2.22. The Bertz CT molecular complexity index is 1110. The molecule has 6 heteroatoms. The zero-order chi connectivity index (χ0) is 23.9. The maximum Gasteiger partial charge on any atom is 0.251 e. The van der Waals surface area contributed by atoms with Crippen molar-refractivity contribution in [3.8, 4) is 17.0 Å². The molecule has 0 radical (unpaired) electrons. The molecule has 1 aliphatic rings. The van der Waals surface area contributed by atoms with Crippen LogP contribution in [0.15, 0.2) is 66.9 Å².